The van der Waals surface area contributed by atoms with E-state index in [0.717, 1.165) is 5.56 Å². The van der Waals surface area contributed by atoms with Gasteiger partial charge in [0.15, 0.2) is 16.6 Å². The number of thiocarbonyl (C=S) groups is 1. The molecule has 0 fully saturated rings. The van der Waals surface area contributed by atoms with Crippen molar-refractivity contribution in [3.8, 4) is 11.5 Å². The largest absolute Gasteiger partial charge is 0.454 e. The molecule has 1 heterocycles. The Balaban J connectivity index is 1.36. The van der Waals surface area contributed by atoms with Gasteiger partial charge in [0.05, 0.1) is 6.54 Å². The standard InChI is InChI=1S/C18H17ClN4O4S/c19-13-3-1-2-12(7-13)17(25)20-9-16(24)22-23-18(28)21-8-11-4-5-14-15(6-11)27-10-26-14/h1-7H,8-10H2,(H,20,25)(H,22,24)(H2,21,23,28). The van der Waals surface area contributed by atoms with Gasteiger partial charge in [0.1, 0.15) is 0 Å². The molecule has 28 heavy (non-hydrogen) atoms. The normalized spacial score (nSPS) is 11.5. The lowest BCUT2D eigenvalue weighted by atomic mass is 10.2. The third-order valence-electron chi connectivity index (χ3n) is 3.70. The first-order valence-corrected chi connectivity index (χ1v) is 9.05. The molecular weight excluding hydrogens is 404 g/mol. The molecule has 2 aromatic rings. The topological polar surface area (TPSA) is 101 Å². The van der Waals surface area contributed by atoms with E-state index in [9.17, 15) is 9.59 Å². The molecule has 0 radical (unpaired) electrons. The van der Waals surface area contributed by atoms with Gasteiger partial charge < -0.3 is 20.1 Å². The van der Waals surface area contributed by atoms with E-state index in [1.807, 2.05) is 18.2 Å². The van der Waals surface area contributed by atoms with Crippen LogP contribution in [0.5, 0.6) is 11.5 Å². The molecule has 1 aliphatic heterocycles. The summed E-state index contributed by atoms with van der Waals surface area (Å²) in [5.74, 6) is 0.530. The van der Waals surface area contributed by atoms with Gasteiger partial charge in [-0.1, -0.05) is 23.7 Å². The molecule has 3 rings (SSSR count). The number of rotatable bonds is 5. The van der Waals surface area contributed by atoms with Crippen LogP contribution in [0.3, 0.4) is 0 Å². The molecule has 0 aromatic heterocycles. The molecule has 0 saturated carbocycles. The molecule has 146 valence electrons. The van der Waals surface area contributed by atoms with E-state index in [4.69, 9.17) is 33.3 Å². The second kappa shape index (κ2) is 9.25. The van der Waals surface area contributed by atoms with E-state index in [-0.39, 0.29) is 18.5 Å². The van der Waals surface area contributed by atoms with Crippen molar-refractivity contribution in [3.05, 3.63) is 58.6 Å². The highest BCUT2D eigenvalue weighted by Gasteiger charge is 2.13. The minimum Gasteiger partial charge on any atom is -0.454 e. The molecule has 2 aromatic carbocycles. The van der Waals surface area contributed by atoms with Crippen LogP contribution in [0.25, 0.3) is 0 Å². The van der Waals surface area contributed by atoms with Crippen LogP contribution < -0.4 is 31.0 Å². The summed E-state index contributed by atoms with van der Waals surface area (Å²) in [5, 5.41) is 6.11. The molecule has 4 N–H and O–H groups in total. The van der Waals surface area contributed by atoms with Gasteiger partial charge in [-0.3, -0.25) is 20.4 Å². The van der Waals surface area contributed by atoms with Gasteiger partial charge in [-0.15, -0.1) is 0 Å². The quantitative estimate of drug-likeness (QED) is 0.429. The van der Waals surface area contributed by atoms with Crippen molar-refractivity contribution in [1.82, 2.24) is 21.5 Å². The average molecular weight is 421 g/mol. The third kappa shape index (κ3) is 5.48. The highest BCUT2D eigenvalue weighted by molar-refractivity contribution is 7.80. The number of halogens is 1. The molecule has 10 heteroatoms. The number of hydrazine groups is 1. The summed E-state index contributed by atoms with van der Waals surface area (Å²) < 4.78 is 10.6. The predicted octanol–water partition coefficient (Wildman–Crippen LogP) is 1.49. The fourth-order valence-electron chi connectivity index (χ4n) is 2.34. The summed E-state index contributed by atoms with van der Waals surface area (Å²) in [6, 6.07) is 12.0. The number of ether oxygens (including phenoxy) is 2. The molecule has 0 spiro atoms. The Labute approximate surface area is 171 Å². The van der Waals surface area contributed by atoms with Crippen LogP contribution in [0.4, 0.5) is 0 Å². The Hall–Kier alpha value is -3.04. The van der Waals surface area contributed by atoms with E-state index in [1.54, 1.807) is 18.2 Å². The minimum absolute atomic E-state index is 0.214. The Kier molecular flexibility index (Phi) is 6.51. The summed E-state index contributed by atoms with van der Waals surface area (Å²) >= 11 is 10.9. The Morgan fingerprint density at radius 1 is 1.04 bits per heavy atom. The van der Waals surface area contributed by atoms with Crippen LogP contribution in [0.1, 0.15) is 15.9 Å². The monoisotopic (exact) mass is 420 g/mol. The van der Waals surface area contributed by atoms with E-state index in [1.165, 1.54) is 6.07 Å². The zero-order chi connectivity index (χ0) is 19.9. The summed E-state index contributed by atoms with van der Waals surface area (Å²) in [6.07, 6.45) is 0. The summed E-state index contributed by atoms with van der Waals surface area (Å²) in [5.41, 5.74) is 6.28. The van der Waals surface area contributed by atoms with E-state index >= 15 is 0 Å². The van der Waals surface area contributed by atoms with Crippen molar-refractivity contribution in [2.24, 2.45) is 0 Å². The molecule has 0 bridgehead atoms. The van der Waals surface area contributed by atoms with Crippen LogP contribution in [0.15, 0.2) is 42.5 Å². The lowest BCUT2D eigenvalue weighted by Crippen LogP contribution is -2.49. The number of carbonyl (C=O) groups excluding carboxylic acids is 2. The number of carbonyl (C=O) groups is 2. The first kappa shape index (κ1) is 19.7. The van der Waals surface area contributed by atoms with Crippen molar-refractivity contribution in [3.63, 3.8) is 0 Å². The molecule has 1 aliphatic rings. The second-order valence-electron chi connectivity index (χ2n) is 5.74. The van der Waals surface area contributed by atoms with Gasteiger partial charge in [-0.25, -0.2) is 0 Å². The summed E-state index contributed by atoms with van der Waals surface area (Å²) in [7, 11) is 0. The van der Waals surface area contributed by atoms with Crippen LogP contribution in [0, 0.1) is 0 Å². The molecule has 0 aliphatic carbocycles. The zero-order valence-corrected chi connectivity index (χ0v) is 16.2. The molecule has 0 saturated heterocycles. The van der Waals surface area contributed by atoms with Gasteiger partial charge in [-0.2, -0.15) is 0 Å². The number of fused-ring (bicyclic) bond motifs is 1. The SMILES string of the molecule is O=C(CNC(=O)c1cccc(Cl)c1)NNC(=S)NCc1ccc2c(c1)OCO2. The van der Waals surface area contributed by atoms with E-state index in [0.29, 0.717) is 28.6 Å². The predicted molar refractivity (Wildman–Crippen MR) is 107 cm³/mol. The molecule has 2 amide bonds. The fourth-order valence-corrected chi connectivity index (χ4v) is 2.65. The first-order chi connectivity index (χ1) is 13.5. The fraction of sp³-hybridized carbons (Fsp3) is 0.167. The smallest absolute Gasteiger partial charge is 0.257 e. The second-order valence-corrected chi connectivity index (χ2v) is 6.58. The van der Waals surface area contributed by atoms with Crippen molar-refractivity contribution >= 4 is 40.7 Å². The maximum Gasteiger partial charge on any atom is 0.257 e. The third-order valence-corrected chi connectivity index (χ3v) is 4.18. The van der Waals surface area contributed by atoms with Gasteiger partial charge in [0.2, 0.25) is 6.79 Å². The number of amides is 2. The molecular formula is C18H17ClN4O4S. The van der Waals surface area contributed by atoms with Gasteiger partial charge in [-0.05, 0) is 48.1 Å². The summed E-state index contributed by atoms with van der Waals surface area (Å²) in [6.45, 7) is 0.430. The van der Waals surface area contributed by atoms with Gasteiger partial charge in [0.25, 0.3) is 11.8 Å². The number of nitrogens with one attached hydrogen (secondary N) is 4. The van der Waals surface area contributed by atoms with E-state index in [2.05, 4.69) is 21.5 Å². The maximum atomic E-state index is 12.0. The number of hydrogen-bond acceptors (Lipinski definition) is 5. The Morgan fingerprint density at radius 2 is 1.86 bits per heavy atom. The highest BCUT2D eigenvalue weighted by atomic mass is 35.5. The van der Waals surface area contributed by atoms with Crippen molar-refractivity contribution < 1.29 is 19.1 Å². The lowest BCUT2D eigenvalue weighted by molar-refractivity contribution is -0.120. The van der Waals surface area contributed by atoms with Gasteiger partial charge >= 0.3 is 0 Å². The van der Waals surface area contributed by atoms with Crippen molar-refractivity contribution in [1.29, 1.82) is 0 Å². The van der Waals surface area contributed by atoms with E-state index < -0.39 is 11.8 Å². The zero-order valence-electron chi connectivity index (χ0n) is 14.6. The van der Waals surface area contributed by atoms with Crippen LogP contribution in [-0.2, 0) is 11.3 Å². The minimum atomic E-state index is -0.456. The average Bonchev–Trinajstić information content (AvgIpc) is 3.16. The molecule has 0 unspecified atom stereocenters. The highest BCUT2D eigenvalue weighted by Crippen LogP contribution is 2.32. The lowest BCUT2D eigenvalue weighted by Gasteiger charge is -2.12. The van der Waals surface area contributed by atoms with Crippen molar-refractivity contribution in [2.75, 3.05) is 13.3 Å². The molecule has 0 atom stereocenters. The number of benzene rings is 2. The maximum absolute atomic E-state index is 12.0. The van der Waals surface area contributed by atoms with Crippen LogP contribution in [0.2, 0.25) is 5.02 Å². The van der Waals surface area contributed by atoms with Gasteiger partial charge in [0, 0.05) is 17.1 Å². The molecule has 8 nitrogen and oxygen atoms in total. The van der Waals surface area contributed by atoms with Crippen molar-refractivity contribution in [2.45, 2.75) is 6.54 Å². The van der Waals surface area contributed by atoms with Crippen LogP contribution in [-0.4, -0.2) is 30.3 Å². The first-order valence-electron chi connectivity index (χ1n) is 8.26. The Bertz CT molecular complexity index is 909. The Morgan fingerprint density at radius 3 is 2.68 bits per heavy atom. The number of hydrogen-bond donors (Lipinski definition) is 4. The van der Waals surface area contributed by atoms with Crippen LogP contribution >= 0.6 is 23.8 Å². The summed E-state index contributed by atoms with van der Waals surface area (Å²) in [4.78, 5) is 23.8.